The van der Waals surface area contributed by atoms with E-state index in [1.807, 2.05) is 0 Å². The third kappa shape index (κ3) is 3.00. The Morgan fingerprint density at radius 1 is 0.895 bits per heavy atom. The lowest BCUT2D eigenvalue weighted by atomic mass is 10.0. The summed E-state index contributed by atoms with van der Waals surface area (Å²) in [6.07, 6.45) is -4.44. The van der Waals surface area contributed by atoms with Crippen molar-refractivity contribution in [2.45, 2.75) is 6.18 Å². The molecule has 0 unspecified atom stereocenters. The fourth-order valence-corrected chi connectivity index (χ4v) is 2.56. The molecule has 2 aromatic carbocycles. The molecule has 0 aliphatic rings. The van der Waals surface area contributed by atoms with Gasteiger partial charge in [-0.25, -0.2) is 4.39 Å². The molecule has 0 atom stereocenters. The van der Waals surface area contributed by atoms with Crippen LogP contribution in [0.3, 0.4) is 0 Å². The minimum absolute atomic E-state index is 0.134. The van der Waals surface area contributed by atoms with E-state index < -0.39 is 17.6 Å². The van der Waals surface area contributed by atoms with Crippen LogP contribution in [0.1, 0.15) is 5.56 Å². The molecule has 0 radical (unpaired) electrons. The minimum atomic E-state index is -4.44. The molecule has 19 heavy (non-hydrogen) atoms. The molecule has 0 spiro atoms. The van der Waals surface area contributed by atoms with Gasteiger partial charge in [-0.05, 0) is 51.3 Å². The van der Waals surface area contributed by atoms with Crippen molar-refractivity contribution in [1.82, 2.24) is 0 Å². The van der Waals surface area contributed by atoms with Gasteiger partial charge in [0.1, 0.15) is 5.82 Å². The number of benzene rings is 2. The summed E-state index contributed by atoms with van der Waals surface area (Å²) in [7, 11) is 0. The highest BCUT2D eigenvalue weighted by molar-refractivity contribution is 9.11. The average molecular weight is 398 g/mol. The average Bonchev–Trinajstić information content (AvgIpc) is 2.32. The molecule has 2 rings (SSSR count). The van der Waals surface area contributed by atoms with Gasteiger partial charge in [0.05, 0.1) is 10.0 Å². The van der Waals surface area contributed by atoms with Crippen molar-refractivity contribution in [3.05, 3.63) is 56.7 Å². The van der Waals surface area contributed by atoms with Gasteiger partial charge in [-0.1, -0.05) is 28.1 Å². The summed E-state index contributed by atoms with van der Waals surface area (Å²) in [5, 5.41) is 0. The maximum absolute atomic E-state index is 13.4. The number of hydrogen-bond donors (Lipinski definition) is 0. The smallest absolute Gasteiger partial charge is 0.206 e. The largest absolute Gasteiger partial charge is 0.416 e. The zero-order valence-corrected chi connectivity index (χ0v) is 12.4. The molecule has 0 aromatic heterocycles. The van der Waals surface area contributed by atoms with Crippen LogP contribution >= 0.6 is 31.9 Å². The first-order valence-corrected chi connectivity index (χ1v) is 6.70. The van der Waals surface area contributed by atoms with Crippen LogP contribution in [0.15, 0.2) is 45.3 Å². The van der Waals surface area contributed by atoms with Gasteiger partial charge in [0.25, 0.3) is 0 Å². The van der Waals surface area contributed by atoms with E-state index in [0.717, 1.165) is 12.1 Å². The van der Waals surface area contributed by atoms with Crippen LogP contribution in [0.2, 0.25) is 0 Å². The molecule has 2 aromatic rings. The lowest BCUT2D eigenvalue weighted by molar-refractivity contribution is -0.137. The van der Waals surface area contributed by atoms with Gasteiger partial charge in [-0.15, -0.1) is 0 Å². The molecule has 0 aliphatic carbocycles. The number of rotatable bonds is 1. The third-order valence-corrected chi connectivity index (χ3v) is 4.03. The molecule has 0 aliphatic heterocycles. The van der Waals surface area contributed by atoms with Crippen LogP contribution < -0.4 is 0 Å². The van der Waals surface area contributed by atoms with Crippen molar-refractivity contribution in [3.8, 4) is 11.1 Å². The first-order chi connectivity index (χ1) is 8.80. The lowest BCUT2D eigenvalue weighted by Crippen LogP contribution is -2.05. The van der Waals surface area contributed by atoms with E-state index in [4.69, 9.17) is 0 Å². The number of alkyl halides is 3. The second-order valence-corrected chi connectivity index (χ2v) is 5.44. The van der Waals surface area contributed by atoms with Gasteiger partial charge in [-0.2, -0.15) is 13.2 Å². The summed E-state index contributed by atoms with van der Waals surface area (Å²) in [6, 6.07) is 7.49. The monoisotopic (exact) mass is 396 g/mol. The Hall–Kier alpha value is -0.880. The Labute approximate surface area is 123 Å². The van der Waals surface area contributed by atoms with Crippen molar-refractivity contribution in [2.75, 3.05) is 0 Å². The molecule has 100 valence electrons. The Morgan fingerprint density at radius 2 is 1.58 bits per heavy atom. The second-order valence-electron chi connectivity index (χ2n) is 3.79. The molecule has 0 amide bonds. The van der Waals surface area contributed by atoms with Crippen molar-refractivity contribution in [1.29, 1.82) is 0 Å². The van der Waals surface area contributed by atoms with Crippen LogP contribution in [0.25, 0.3) is 11.1 Å². The van der Waals surface area contributed by atoms with E-state index >= 15 is 0 Å². The molecule has 0 nitrogen and oxygen atoms in total. The highest BCUT2D eigenvalue weighted by Crippen LogP contribution is 2.39. The van der Waals surface area contributed by atoms with Crippen LogP contribution in [-0.2, 0) is 6.18 Å². The minimum Gasteiger partial charge on any atom is -0.206 e. The van der Waals surface area contributed by atoms with Crippen molar-refractivity contribution in [2.24, 2.45) is 0 Å². The van der Waals surface area contributed by atoms with Crippen molar-refractivity contribution >= 4 is 31.9 Å². The zero-order valence-electron chi connectivity index (χ0n) is 9.23. The van der Waals surface area contributed by atoms with E-state index in [1.165, 1.54) is 18.2 Å². The van der Waals surface area contributed by atoms with E-state index in [2.05, 4.69) is 31.9 Å². The number of halogens is 6. The van der Waals surface area contributed by atoms with E-state index in [0.29, 0.717) is 10.0 Å². The van der Waals surface area contributed by atoms with Gasteiger partial charge < -0.3 is 0 Å². The summed E-state index contributed by atoms with van der Waals surface area (Å²) >= 11 is 6.23. The molecular weight excluding hydrogens is 392 g/mol. The molecule has 0 fully saturated rings. The summed E-state index contributed by atoms with van der Waals surface area (Å²) in [6.45, 7) is 0. The van der Waals surface area contributed by atoms with E-state index in [1.54, 1.807) is 6.07 Å². The highest BCUT2D eigenvalue weighted by Gasteiger charge is 2.31. The third-order valence-electron chi connectivity index (χ3n) is 2.54. The summed E-state index contributed by atoms with van der Waals surface area (Å²) < 4.78 is 52.1. The number of hydrogen-bond acceptors (Lipinski definition) is 0. The van der Waals surface area contributed by atoms with Gasteiger partial charge in [-0.3, -0.25) is 0 Å². The molecule has 0 saturated heterocycles. The van der Waals surface area contributed by atoms with Crippen molar-refractivity contribution < 1.29 is 17.6 Å². The van der Waals surface area contributed by atoms with Gasteiger partial charge in [0.2, 0.25) is 0 Å². The molecule has 0 N–H and O–H groups in total. The predicted octanol–water partition coefficient (Wildman–Crippen LogP) is 6.04. The Morgan fingerprint density at radius 3 is 2.21 bits per heavy atom. The second kappa shape index (κ2) is 5.25. The summed E-state index contributed by atoms with van der Waals surface area (Å²) in [5.74, 6) is -0.526. The first-order valence-electron chi connectivity index (χ1n) is 5.12. The molecule has 0 saturated carbocycles. The van der Waals surface area contributed by atoms with E-state index in [9.17, 15) is 17.6 Å². The topological polar surface area (TPSA) is 0 Å². The maximum atomic E-state index is 13.4. The van der Waals surface area contributed by atoms with Crippen LogP contribution in [0, 0.1) is 5.82 Å². The van der Waals surface area contributed by atoms with Crippen molar-refractivity contribution in [3.63, 3.8) is 0 Å². The standard InChI is InChI=1S/C13H6Br2F4/c14-10-5-4-7(13(17,18)19)6-9(10)8-2-1-3-11(16)12(8)15/h1-6H. The van der Waals surface area contributed by atoms with Crippen LogP contribution in [0.4, 0.5) is 17.6 Å². The molecule has 6 heteroatoms. The summed E-state index contributed by atoms with van der Waals surface area (Å²) in [5.41, 5.74) is -0.138. The fraction of sp³-hybridized carbons (Fsp3) is 0.0769. The Balaban J connectivity index is 2.65. The van der Waals surface area contributed by atoms with Gasteiger partial charge in [0, 0.05) is 4.47 Å². The lowest BCUT2D eigenvalue weighted by Gasteiger charge is -2.12. The highest BCUT2D eigenvalue weighted by atomic mass is 79.9. The molecule has 0 heterocycles. The zero-order chi connectivity index (χ0) is 14.2. The van der Waals surface area contributed by atoms with Gasteiger partial charge in [0.15, 0.2) is 0 Å². The Bertz CT molecular complexity index is 621. The fourth-order valence-electron chi connectivity index (χ4n) is 1.62. The predicted molar refractivity (Wildman–Crippen MR) is 72.2 cm³/mol. The Kier molecular flexibility index (Phi) is 4.01. The quantitative estimate of drug-likeness (QED) is 0.515. The molecular formula is C13H6Br2F4. The van der Waals surface area contributed by atoms with Gasteiger partial charge >= 0.3 is 6.18 Å². The molecule has 0 bridgehead atoms. The summed E-state index contributed by atoms with van der Waals surface area (Å²) in [4.78, 5) is 0. The first kappa shape index (κ1) is 14.5. The van der Waals surface area contributed by atoms with Crippen LogP contribution in [0.5, 0.6) is 0 Å². The normalized spacial score (nSPS) is 11.7. The van der Waals surface area contributed by atoms with Crippen LogP contribution in [-0.4, -0.2) is 0 Å². The maximum Gasteiger partial charge on any atom is 0.416 e. The van der Waals surface area contributed by atoms with E-state index in [-0.39, 0.29) is 10.0 Å². The SMILES string of the molecule is Fc1cccc(-c2cc(C(F)(F)F)ccc2Br)c1Br.